The summed E-state index contributed by atoms with van der Waals surface area (Å²) in [6.07, 6.45) is 1.88. The van der Waals surface area contributed by atoms with Gasteiger partial charge in [-0.3, -0.25) is 9.59 Å². The molecule has 1 fully saturated rings. The van der Waals surface area contributed by atoms with Crippen LogP contribution < -0.4 is 15.4 Å². The van der Waals surface area contributed by atoms with Crippen molar-refractivity contribution in [1.29, 1.82) is 0 Å². The van der Waals surface area contributed by atoms with Gasteiger partial charge in [-0.1, -0.05) is 33.6 Å². The van der Waals surface area contributed by atoms with Crippen molar-refractivity contribution in [2.45, 2.75) is 19.8 Å². The monoisotopic (exact) mass is 436 g/mol. The second kappa shape index (κ2) is 8.10. The lowest BCUT2D eigenvalue weighted by atomic mass is 10.1. The molecule has 26 heavy (non-hydrogen) atoms. The van der Waals surface area contributed by atoms with Crippen molar-refractivity contribution in [2.75, 3.05) is 17.2 Å². The smallest absolute Gasteiger partial charge is 0.262 e. The molecule has 2 N–H and O–H groups in total. The van der Waals surface area contributed by atoms with E-state index in [4.69, 9.17) is 16.3 Å². The molecule has 0 saturated heterocycles. The average molecular weight is 438 g/mol. The molecule has 2 aromatic rings. The number of nitrogens with one attached hydrogen (secondary N) is 2. The Balaban J connectivity index is 1.60. The fourth-order valence-electron chi connectivity index (χ4n) is 2.41. The van der Waals surface area contributed by atoms with Crippen LogP contribution in [0.15, 0.2) is 40.9 Å². The van der Waals surface area contributed by atoms with E-state index in [1.165, 1.54) is 0 Å². The molecule has 0 aromatic heterocycles. The topological polar surface area (TPSA) is 67.4 Å². The molecule has 3 rings (SSSR count). The van der Waals surface area contributed by atoms with Crippen LogP contribution in [0.25, 0.3) is 0 Å². The normalized spacial score (nSPS) is 13.2. The Kier molecular flexibility index (Phi) is 5.84. The molecular formula is C19H18BrClN2O3. The highest BCUT2D eigenvalue weighted by atomic mass is 79.9. The minimum absolute atomic E-state index is 0.0322. The molecule has 0 radical (unpaired) electrons. The van der Waals surface area contributed by atoms with E-state index in [1.54, 1.807) is 30.3 Å². The summed E-state index contributed by atoms with van der Waals surface area (Å²) in [5, 5.41) is 6.14. The second-order valence-electron chi connectivity index (χ2n) is 6.15. The number of amides is 2. The minimum atomic E-state index is -0.308. The van der Waals surface area contributed by atoms with Crippen molar-refractivity contribution in [2.24, 2.45) is 5.92 Å². The summed E-state index contributed by atoms with van der Waals surface area (Å²) >= 11 is 9.39. The predicted molar refractivity (Wildman–Crippen MR) is 106 cm³/mol. The van der Waals surface area contributed by atoms with Crippen molar-refractivity contribution in [3.05, 3.63) is 51.5 Å². The summed E-state index contributed by atoms with van der Waals surface area (Å²) < 4.78 is 6.30. The predicted octanol–water partition coefficient (Wildman–Crippen LogP) is 4.78. The fraction of sp³-hybridized carbons (Fsp3) is 0.263. The number of halogens is 2. The lowest BCUT2D eigenvalue weighted by Gasteiger charge is -2.14. The molecule has 0 aliphatic heterocycles. The first kappa shape index (κ1) is 18.7. The molecule has 0 heterocycles. The van der Waals surface area contributed by atoms with E-state index in [0.717, 1.165) is 22.9 Å². The van der Waals surface area contributed by atoms with Crippen LogP contribution in [0.1, 0.15) is 18.4 Å². The summed E-state index contributed by atoms with van der Waals surface area (Å²) in [7, 11) is 0. The number of carbonyl (C=O) groups is 2. The van der Waals surface area contributed by atoms with Gasteiger partial charge in [0.2, 0.25) is 5.91 Å². The maximum Gasteiger partial charge on any atom is 0.262 e. The Labute approximate surface area is 165 Å². The van der Waals surface area contributed by atoms with E-state index in [1.807, 2.05) is 13.0 Å². The molecule has 2 aromatic carbocycles. The highest BCUT2D eigenvalue weighted by molar-refractivity contribution is 9.10. The number of benzene rings is 2. The van der Waals surface area contributed by atoms with Crippen molar-refractivity contribution in [3.63, 3.8) is 0 Å². The first-order valence-electron chi connectivity index (χ1n) is 8.22. The van der Waals surface area contributed by atoms with Gasteiger partial charge in [0.15, 0.2) is 6.61 Å². The SMILES string of the molecule is Cc1c(NC(=O)COc2ccc(Br)cc2Cl)cccc1NC(=O)C1CC1. The summed E-state index contributed by atoms with van der Waals surface area (Å²) in [5.74, 6) is 0.284. The van der Waals surface area contributed by atoms with Gasteiger partial charge in [0.1, 0.15) is 5.75 Å². The van der Waals surface area contributed by atoms with E-state index >= 15 is 0 Å². The third kappa shape index (κ3) is 4.77. The molecule has 5 nitrogen and oxygen atoms in total. The van der Waals surface area contributed by atoms with Crippen LogP contribution in [0.2, 0.25) is 5.02 Å². The first-order valence-corrected chi connectivity index (χ1v) is 9.39. The van der Waals surface area contributed by atoms with Crippen LogP contribution in [0.5, 0.6) is 5.75 Å². The van der Waals surface area contributed by atoms with Gasteiger partial charge in [-0.2, -0.15) is 0 Å². The summed E-state index contributed by atoms with van der Waals surface area (Å²) in [4.78, 5) is 24.1. The Morgan fingerprint density at radius 1 is 1.19 bits per heavy atom. The van der Waals surface area contributed by atoms with Crippen molar-refractivity contribution in [1.82, 2.24) is 0 Å². The molecule has 0 atom stereocenters. The van der Waals surface area contributed by atoms with Gasteiger partial charge in [0.05, 0.1) is 5.02 Å². The molecule has 0 bridgehead atoms. The van der Waals surface area contributed by atoms with E-state index in [-0.39, 0.29) is 24.3 Å². The van der Waals surface area contributed by atoms with Crippen LogP contribution in [0.4, 0.5) is 11.4 Å². The van der Waals surface area contributed by atoms with Crippen molar-refractivity contribution < 1.29 is 14.3 Å². The summed E-state index contributed by atoms with van der Waals surface area (Å²) in [6.45, 7) is 1.68. The quantitative estimate of drug-likeness (QED) is 0.683. The summed E-state index contributed by atoms with van der Waals surface area (Å²) in [6, 6.07) is 10.6. The maximum absolute atomic E-state index is 12.2. The maximum atomic E-state index is 12.2. The number of anilines is 2. The molecule has 0 unspecified atom stereocenters. The van der Waals surface area contributed by atoms with E-state index in [0.29, 0.717) is 22.1 Å². The zero-order valence-electron chi connectivity index (χ0n) is 14.1. The molecule has 136 valence electrons. The van der Waals surface area contributed by atoms with Gasteiger partial charge in [0.25, 0.3) is 5.91 Å². The second-order valence-corrected chi connectivity index (χ2v) is 7.48. The highest BCUT2D eigenvalue weighted by Gasteiger charge is 2.29. The van der Waals surface area contributed by atoms with E-state index < -0.39 is 0 Å². The Morgan fingerprint density at radius 3 is 2.54 bits per heavy atom. The first-order chi connectivity index (χ1) is 12.4. The number of rotatable bonds is 6. The van der Waals surface area contributed by atoms with Gasteiger partial charge in [-0.05, 0) is 55.7 Å². The van der Waals surface area contributed by atoms with Gasteiger partial charge < -0.3 is 15.4 Å². The lowest BCUT2D eigenvalue weighted by Crippen LogP contribution is -2.21. The number of carbonyl (C=O) groups excluding carboxylic acids is 2. The van der Waals surface area contributed by atoms with E-state index in [9.17, 15) is 9.59 Å². The van der Waals surface area contributed by atoms with Crippen LogP contribution >= 0.6 is 27.5 Å². The molecule has 1 aliphatic rings. The van der Waals surface area contributed by atoms with Gasteiger partial charge in [0, 0.05) is 21.8 Å². The van der Waals surface area contributed by atoms with Crippen molar-refractivity contribution in [3.8, 4) is 5.75 Å². The Hall–Kier alpha value is -2.05. The molecule has 7 heteroatoms. The largest absolute Gasteiger partial charge is 0.482 e. The zero-order chi connectivity index (χ0) is 18.7. The van der Waals surface area contributed by atoms with Crippen LogP contribution in [-0.2, 0) is 9.59 Å². The number of ether oxygens (including phenoxy) is 1. The minimum Gasteiger partial charge on any atom is -0.482 e. The molecule has 2 amide bonds. The third-order valence-corrected chi connectivity index (χ3v) is 4.86. The van der Waals surface area contributed by atoms with Crippen molar-refractivity contribution >= 4 is 50.7 Å². The van der Waals surface area contributed by atoms with Crippen LogP contribution in [-0.4, -0.2) is 18.4 Å². The van der Waals surface area contributed by atoms with Crippen LogP contribution in [0, 0.1) is 12.8 Å². The molecule has 1 aliphatic carbocycles. The Bertz CT molecular complexity index is 853. The Morgan fingerprint density at radius 2 is 1.88 bits per heavy atom. The van der Waals surface area contributed by atoms with E-state index in [2.05, 4.69) is 26.6 Å². The third-order valence-electron chi connectivity index (χ3n) is 4.07. The molecule has 0 spiro atoms. The number of hydrogen-bond donors (Lipinski definition) is 2. The molecular weight excluding hydrogens is 420 g/mol. The molecule has 1 saturated carbocycles. The van der Waals surface area contributed by atoms with Gasteiger partial charge >= 0.3 is 0 Å². The van der Waals surface area contributed by atoms with Gasteiger partial charge in [-0.15, -0.1) is 0 Å². The average Bonchev–Trinajstić information content (AvgIpc) is 3.43. The summed E-state index contributed by atoms with van der Waals surface area (Å²) in [5.41, 5.74) is 2.14. The zero-order valence-corrected chi connectivity index (χ0v) is 16.5. The lowest BCUT2D eigenvalue weighted by molar-refractivity contribution is -0.118. The highest BCUT2D eigenvalue weighted by Crippen LogP contribution is 2.32. The van der Waals surface area contributed by atoms with Crippen LogP contribution in [0.3, 0.4) is 0 Å². The fourth-order valence-corrected chi connectivity index (χ4v) is 3.14. The standard InChI is InChI=1S/C19H18BrClN2O3/c1-11-15(3-2-4-16(11)23-19(25)12-5-6-12)22-18(24)10-26-17-8-7-13(20)9-14(17)21/h2-4,7-9,12H,5-6,10H2,1H3,(H,22,24)(H,23,25). The number of hydrogen-bond acceptors (Lipinski definition) is 3. The van der Waals surface area contributed by atoms with Gasteiger partial charge in [-0.25, -0.2) is 0 Å².